The van der Waals surface area contributed by atoms with Gasteiger partial charge in [0, 0.05) is 6.54 Å². The number of rotatable bonds is 5. The fourth-order valence-electron chi connectivity index (χ4n) is 2.09. The second kappa shape index (κ2) is 5.64. The van der Waals surface area contributed by atoms with Crippen LogP contribution in [0, 0.1) is 5.92 Å². The van der Waals surface area contributed by atoms with Crippen molar-refractivity contribution in [2.24, 2.45) is 11.7 Å². The Morgan fingerprint density at radius 2 is 2.06 bits per heavy atom. The molecule has 0 aliphatic heterocycles. The lowest BCUT2D eigenvalue weighted by Crippen LogP contribution is -2.49. The van der Waals surface area contributed by atoms with E-state index in [1.165, 1.54) is 0 Å². The van der Waals surface area contributed by atoms with Crippen LogP contribution in [0.1, 0.15) is 46.0 Å². The lowest BCUT2D eigenvalue weighted by Gasteiger charge is -2.24. The average Bonchev–Trinajstić information content (AvgIpc) is 2.71. The van der Waals surface area contributed by atoms with Crippen LogP contribution >= 0.6 is 0 Å². The maximum Gasteiger partial charge on any atom is 0.237 e. The average molecular weight is 228 g/mol. The van der Waals surface area contributed by atoms with Crippen molar-refractivity contribution >= 4 is 5.91 Å². The molecule has 0 saturated heterocycles. The van der Waals surface area contributed by atoms with Gasteiger partial charge in [-0.2, -0.15) is 0 Å². The molecule has 1 aliphatic carbocycles. The predicted molar refractivity (Wildman–Crippen MR) is 63.9 cm³/mol. The molecule has 16 heavy (non-hydrogen) atoms. The van der Waals surface area contributed by atoms with Crippen LogP contribution in [0.4, 0.5) is 0 Å². The van der Waals surface area contributed by atoms with Crippen molar-refractivity contribution < 1.29 is 9.90 Å². The molecule has 0 aromatic rings. The second-order valence-corrected chi connectivity index (χ2v) is 5.06. The zero-order chi connectivity index (χ0) is 12.2. The first-order valence-corrected chi connectivity index (χ1v) is 6.24. The van der Waals surface area contributed by atoms with Gasteiger partial charge in [-0.3, -0.25) is 4.79 Å². The normalized spacial score (nSPS) is 22.8. The van der Waals surface area contributed by atoms with Crippen LogP contribution in [0.5, 0.6) is 0 Å². The molecule has 1 rings (SSSR count). The molecule has 0 aromatic carbocycles. The molecule has 0 spiro atoms. The van der Waals surface area contributed by atoms with Crippen LogP contribution in [0.3, 0.4) is 0 Å². The summed E-state index contributed by atoms with van der Waals surface area (Å²) in [6.07, 6.45) is 4.55. The van der Waals surface area contributed by atoms with Crippen LogP contribution < -0.4 is 11.1 Å². The van der Waals surface area contributed by atoms with Crippen LogP contribution in [0.2, 0.25) is 0 Å². The zero-order valence-corrected chi connectivity index (χ0v) is 10.3. The van der Waals surface area contributed by atoms with E-state index in [-0.39, 0.29) is 11.8 Å². The summed E-state index contributed by atoms with van der Waals surface area (Å²) in [5.41, 5.74) is 5.12. The monoisotopic (exact) mass is 228 g/mol. The number of aliphatic hydroxyl groups is 1. The fraction of sp³-hybridized carbons (Fsp3) is 0.917. The van der Waals surface area contributed by atoms with Gasteiger partial charge in [0.25, 0.3) is 0 Å². The minimum Gasteiger partial charge on any atom is -0.388 e. The Bertz CT molecular complexity index is 237. The van der Waals surface area contributed by atoms with Gasteiger partial charge in [-0.15, -0.1) is 0 Å². The lowest BCUT2D eigenvalue weighted by atomic mass is 9.98. The van der Waals surface area contributed by atoms with Crippen molar-refractivity contribution in [2.45, 2.75) is 57.6 Å². The molecular formula is C12H24N2O2. The Kier molecular flexibility index (Phi) is 4.74. The summed E-state index contributed by atoms with van der Waals surface area (Å²) in [5, 5.41) is 12.8. The summed E-state index contributed by atoms with van der Waals surface area (Å²) < 4.78 is 0. The van der Waals surface area contributed by atoms with Crippen LogP contribution in [0.15, 0.2) is 0 Å². The van der Waals surface area contributed by atoms with Crippen LogP contribution in [0.25, 0.3) is 0 Å². The summed E-state index contributed by atoms with van der Waals surface area (Å²) in [4.78, 5) is 11.7. The minimum absolute atomic E-state index is 0.144. The van der Waals surface area contributed by atoms with Crippen molar-refractivity contribution in [3.63, 3.8) is 0 Å². The maximum atomic E-state index is 11.7. The Labute approximate surface area is 97.6 Å². The van der Waals surface area contributed by atoms with Crippen molar-refractivity contribution in [1.82, 2.24) is 5.32 Å². The second-order valence-electron chi connectivity index (χ2n) is 5.06. The van der Waals surface area contributed by atoms with E-state index in [0.717, 1.165) is 32.1 Å². The molecule has 0 radical (unpaired) electrons. The molecule has 1 fully saturated rings. The first-order chi connectivity index (χ1) is 7.48. The molecule has 1 aliphatic rings. The standard InChI is InChI=1S/C12H24N2O2/c1-3-9(2)10(13)11(15)14-8-12(16)6-4-5-7-12/h9-10,16H,3-8,13H2,1-2H3,(H,14,15)/t9?,10-/m0/s1. The molecule has 94 valence electrons. The smallest absolute Gasteiger partial charge is 0.237 e. The highest BCUT2D eigenvalue weighted by Gasteiger charge is 2.32. The molecule has 4 nitrogen and oxygen atoms in total. The highest BCUT2D eigenvalue weighted by molar-refractivity contribution is 5.81. The SMILES string of the molecule is CCC(C)[C@H](N)C(=O)NCC1(O)CCCC1. The minimum atomic E-state index is -0.690. The third-order valence-electron chi connectivity index (χ3n) is 3.69. The van der Waals surface area contributed by atoms with E-state index < -0.39 is 11.6 Å². The summed E-state index contributed by atoms with van der Waals surface area (Å²) in [5.74, 6) is 0.0351. The van der Waals surface area contributed by atoms with Gasteiger partial charge in [0.15, 0.2) is 0 Å². The predicted octanol–water partition coefficient (Wildman–Crippen LogP) is 0.781. The number of nitrogens with one attached hydrogen (secondary N) is 1. The number of nitrogens with two attached hydrogens (primary N) is 1. The Morgan fingerprint density at radius 3 is 2.56 bits per heavy atom. The van der Waals surface area contributed by atoms with E-state index in [4.69, 9.17) is 5.73 Å². The quantitative estimate of drug-likeness (QED) is 0.651. The van der Waals surface area contributed by atoms with Crippen LogP contribution in [-0.4, -0.2) is 29.2 Å². The molecule has 4 heteroatoms. The molecule has 0 bridgehead atoms. The number of hydrogen-bond donors (Lipinski definition) is 3. The molecule has 1 saturated carbocycles. The Hall–Kier alpha value is -0.610. The summed E-state index contributed by atoms with van der Waals surface area (Å²) in [7, 11) is 0. The van der Waals surface area contributed by atoms with E-state index in [1.807, 2.05) is 13.8 Å². The fourth-order valence-corrected chi connectivity index (χ4v) is 2.09. The molecule has 1 amide bonds. The molecular weight excluding hydrogens is 204 g/mol. The number of hydrogen-bond acceptors (Lipinski definition) is 3. The van der Waals surface area contributed by atoms with E-state index in [0.29, 0.717) is 6.54 Å². The molecule has 1 unspecified atom stereocenters. The van der Waals surface area contributed by atoms with Gasteiger partial charge >= 0.3 is 0 Å². The van der Waals surface area contributed by atoms with Crippen molar-refractivity contribution in [3.8, 4) is 0 Å². The van der Waals surface area contributed by atoms with Gasteiger partial charge in [-0.05, 0) is 18.8 Å². The van der Waals surface area contributed by atoms with Gasteiger partial charge in [0.2, 0.25) is 5.91 Å². The number of carbonyl (C=O) groups is 1. The van der Waals surface area contributed by atoms with Gasteiger partial charge < -0.3 is 16.2 Å². The van der Waals surface area contributed by atoms with Crippen molar-refractivity contribution in [2.75, 3.05) is 6.54 Å². The van der Waals surface area contributed by atoms with Crippen molar-refractivity contribution in [1.29, 1.82) is 0 Å². The topological polar surface area (TPSA) is 75.4 Å². The van der Waals surface area contributed by atoms with Gasteiger partial charge in [-0.1, -0.05) is 33.1 Å². The van der Waals surface area contributed by atoms with E-state index in [2.05, 4.69) is 5.32 Å². The van der Waals surface area contributed by atoms with Gasteiger partial charge in [-0.25, -0.2) is 0 Å². The maximum absolute atomic E-state index is 11.7. The first kappa shape index (κ1) is 13.5. The Balaban J connectivity index is 2.34. The van der Waals surface area contributed by atoms with E-state index >= 15 is 0 Å². The molecule has 2 atom stereocenters. The van der Waals surface area contributed by atoms with E-state index in [9.17, 15) is 9.90 Å². The first-order valence-electron chi connectivity index (χ1n) is 6.24. The molecule has 0 aromatic heterocycles. The number of amides is 1. The summed E-state index contributed by atoms with van der Waals surface area (Å²) in [6.45, 7) is 4.33. The third-order valence-corrected chi connectivity index (χ3v) is 3.69. The highest BCUT2D eigenvalue weighted by Crippen LogP contribution is 2.28. The van der Waals surface area contributed by atoms with Crippen LogP contribution in [-0.2, 0) is 4.79 Å². The number of carbonyl (C=O) groups excluding carboxylic acids is 1. The molecule has 0 heterocycles. The zero-order valence-electron chi connectivity index (χ0n) is 10.3. The summed E-state index contributed by atoms with van der Waals surface area (Å²) in [6, 6.07) is -0.463. The Morgan fingerprint density at radius 1 is 1.50 bits per heavy atom. The summed E-state index contributed by atoms with van der Waals surface area (Å²) >= 11 is 0. The lowest BCUT2D eigenvalue weighted by molar-refractivity contribution is -0.124. The highest BCUT2D eigenvalue weighted by atomic mass is 16.3. The van der Waals surface area contributed by atoms with Crippen molar-refractivity contribution in [3.05, 3.63) is 0 Å². The van der Waals surface area contributed by atoms with Gasteiger partial charge in [0.1, 0.15) is 0 Å². The molecule has 4 N–H and O–H groups in total. The van der Waals surface area contributed by atoms with E-state index in [1.54, 1.807) is 0 Å². The largest absolute Gasteiger partial charge is 0.388 e. The van der Waals surface area contributed by atoms with Gasteiger partial charge in [0.05, 0.1) is 11.6 Å². The third kappa shape index (κ3) is 3.46.